The summed E-state index contributed by atoms with van der Waals surface area (Å²) in [6, 6.07) is 31.6. The summed E-state index contributed by atoms with van der Waals surface area (Å²) in [4.78, 5) is 25.0. The lowest BCUT2D eigenvalue weighted by molar-refractivity contribution is 0.0600. The zero-order valence-corrected chi connectivity index (χ0v) is 24.4. The standard InChI is InChI=1S/C35H30N6O2/c1-21-11-10-15-27(22(21)2)36-32-34-38-33-30(23(3)39-41(33)26-12-6-5-7-13-26)31(24-17-19-25(20-18-24)35(42)43-4)40(34)29-16-9-8-14-28(29)37-32/h5-20,31H,1-4H3,(H,36,37)/t31-/m1/s1. The second-order valence-electron chi connectivity index (χ2n) is 10.7. The lowest BCUT2D eigenvalue weighted by Crippen LogP contribution is -2.48. The first-order chi connectivity index (χ1) is 20.9. The van der Waals surface area contributed by atoms with E-state index >= 15 is 0 Å². The first-order valence-corrected chi connectivity index (χ1v) is 14.2. The summed E-state index contributed by atoms with van der Waals surface area (Å²) in [5.74, 6) is 1.70. The molecule has 8 heteroatoms. The summed E-state index contributed by atoms with van der Waals surface area (Å²) < 4.78 is 6.87. The van der Waals surface area contributed by atoms with Crippen molar-refractivity contribution in [3.8, 4) is 5.69 Å². The van der Waals surface area contributed by atoms with E-state index in [-0.39, 0.29) is 12.0 Å². The van der Waals surface area contributed by atoms with Gasteiger partial charge in [-0.3, -0.25) is 0 Å². The minimum atomic E-state index is -0.373. The number of anilines is 2. The molecule has 0 radical (unpaired) electrons. The number of rotatable bonds is 4. The topological polar surface area (TPSA) is 84.1 Å². The van der Waals surface area contributed by atoms with Crippen molar-refractivity contribution in [1.82, 2.24) is 9.78 Å². The van der Waals surface area contributed by atoms with E-state index in [0.717, 1.165) is 51.0 Å². The SMILES string of the molecule is COC(=O)c1ccc([C@@H]2c3c(C)nn(-c4ccccc4)c3N=C3C(=Nc4cccc(C)c4C)Nc4ccccc4N32)cc1. The van der Waals surface area contributed by atoms with Gasteiger partial charge in [0.2, 0.25) is 0 Å². The van der Waals surface area contributed by atoms with E-state index in [9.17, 15) is 4.79 Å². The molecule has 1 aromatic heterocycles. The molecule has 2 aliphatic heterocycles. The van der Waals surface area contributed by atoms with Gasteiger partial charge in [0.05, 0.1) is 47.2 Å². The summed E-state index contributed by atoms with van der Waals surface area (Å²) >= 11 is 0. The Morgan fingerprint density at radius 2 is 1.63 bits per heavy atom. The molecule has 0 fully saturated rings. The Bertz CT molecular complexity index is 1940. The fraction of sp³-hybridized carbons (Fsp3) is 0.143. The van der Waals surface area contributed by atoms with E-state index in [4.69, 9.17) is 19.8 Å². The van der Waals surface area contributed by atoms with Gasteiger partial charge in [-0.2, -0.15) is 5.10 Å². The zero-order valence-electron chi connectivity index (χ0n) is 24.4. The number of nitrogens with one attached hydrogen (secondary N) is 1. The zero-order chi connectivity index (χ0) is 29.7. The number of aromatic nitrogens is 2. The van der Waals surface area contributed by atoms with Gasteiger partial charge in [-0.15, -0.1) is 0 Å². The van der Waals surface area contributed by atoms with E-state index in [1.807, 2.05) is 90.5 Å². The van der Waals surface area contributed by atoms with Crippen LogP contribution in [0.5, 0.6) is 0 Å². The normalized spacial score (nSPS) is 16.1. The Kier molecular flexibility index (Phi) is 6.39. The fourth-order valence-corrected chi connectivity index (χ4v) is 5.79. The van der Waals surface area contributed by atoms with E-state index in [1.165, 1.54) is 12.7 Å². The van der Waals surface area contributed by atoms with Crippen LogP contribution in [0.4, 0.5) is 22.9 Å². The number of carbonyl (C=O) groups excluding carboxylic acids is 1. The van der Waals surface area contributed by atoms with Crippen LogP contribution in [-0.2, 0) is 4.74 Å². The van der Waals surface area contributed by atoms with Crippen LogP contribution in [0.2, 0.25) is 0 Å². The van der Waals surface area contributed by atoms with Crippen molar-refractivity contribution < 1.29 is 9.53 Å². The summed E-state index contributed by atoms with van der Waals surface area (Å²) in [5.41, 5.74) is 9.31. The highest BCUT2D eigenvalue weighted by Crippen LogP contribution is 2.47. The van der Waals surface area contributed by atoms with Gasteiger partial charge in [0, 0.05) is 5.56 Å². The van der Waals surface area contributed by atoms with Crippen molar-refractivity contribution >= 4 is 40.5 Å². The number of methoxy groups -OCH3 is 1. The number of hydrogen-bond acceptors (Lipinski definition) is 6. The molecular formula is C35H30N6O2. The quantitative estimate of drug-likeness (QED) is 0.230. The van der Waals surface area contributed by atoms with Gasteiger partial charge in [0.25, 0.3) is 0 Å². The highest BCUT2D eigenvalue weighted by molar-refractivity contribution is 6.52. The van der Waals surface area contributed by atoms with Crippen LogP contribution < -0.4 is 10.2 Å². The number of nitrogens with zero attached hydrogens (tertiary/aromatic N) is 5. The van der Waals surface area contributed by atoms with Gasteiger partial charge in [0.1, 0.15) is 0 Å². The summed E-state index contributed by atoms with van der Waals surface area (Å²) in [6.07, 6.45) is 0. The average Bonchev–Trinajstić information content (AvgIpc) is 3.38. The van der Waals surface area contributed by atoms with Crippen LogP contribution in [0, 0.1) is 20.8 Å². The van der Waals surface area contributed by atoms with Crippen LogP contribution in [0.25, 0.3) is 5.69 Å². The molecule has 0 saturated carbocycles. The van der Waals surface area contributed by atoms with Crippen LogP contribution in [0.15, 0.2) is 107 Å². The van der Waals surface area contributed by atoms with E-state index in [2.05, 4.69) is 42.3 Å². The number of ether oxygens (including phenoxy) is 1. The summed E-state index contributed by atoms with van der Waals surface area (Å²) in [5, 5.41) is 8.57. The van der Waals surface area contributed by atoms with Crippen LogP contribution in [0.1, 0.15) is 44.3 Å². The lowest BCUT2D eigenvalue weighted by atomic mass is 9.92. The number of aryl methyl sites for hydroxylation is 2. The first kappa shape index (κ1) is 26.4. The summed E-state index contributed by atoms with van der Waals surface area (Å²) in [6.45, 7) is 6.20. The third-order valence-electron chi connectivity index (χ3n) is 8.14. The number of para-hydroxylation sites is 3. The van der Waals surface area contributed by atoms with Crippen molar-refractivity contribution in [2.45, 2.75) is 26.8 Å². The smallest absolute Gasteiger partial charge is 0.337 e. The summed E-state index contributed by atoms with van der Waals surface area (Å²) in [7, 11) is 1.39. The van der Waals surface area contributed by atoms with Crippen molar-refractivity contribution in [2.24, 2.45) is 9.98 Å². The van der Waals surface area contributed by atoms with Gasteiger partial charge in [0.15, 0.2) is 17.5 Å². The number of aliphatic imine (C=N–C) groups is 2. The molecule has 0 aliphatic carbocycles. The third kappa shape index (κ3) is 4.39. The number of fused-ring (bicyclic) bond motifs is 4. The number of carbonyl (C=O) groups is 1. The molecule has 0 unspecified atom stereocenters. The maximum absolute atomic E-state index is 12.3. The van der Waals surface area contributed by atoms with Crippen molar-refractivity contribution in [3.05, 3.63) is 131 Å². The molecule has 3 heterocycles. The molecule has 7 rings (SSSR count). The third-order valence-corrected chi connectivity index (χ3v) is 8.14. The molecule has 212 valence electrons. The molecule has 0 amide bonds. The Morgan fingerprint density at radius 1 is 0.884 bits per heavy atom. The number of benzene rings is 4. The minimum absolute atomic E-state index is 0.293. The van der Waals surface area contributed by atoms with Crippen molar-refractivity contribution in [3.63, 3.8) is 0 Å². The predicted molar refractivity (Wildman–Crippen MR) is 171 cm³/mol. The number of esters is 1. The Labute approximate surface area is 250 Å². The Balaban J connectivity index is 1.51. The molecule has 1 atom stereocenters. The second kappa shape index (κ2) is 10.4. The van der Waals surface area contributed by atoms with Gasteiger partial charge >= 0.3 is 5.97 Å². The van der Waals surface area contributed by atoms with Crippen LogP contribution in [-0.4, -0.2) is 34.5 Å². The molecule has 5 aromatic rings. The minimum Gasteiger partial charge on any atom is -0.465 e. The molecule has 43 heavy (non-hydrogen) atoms. The van der Waals surface area contributed by atoms with Gasteiger partial charge in [-0.1, -0.05) is 54.6 Å². The fourth-order valence-electron chi connectivity index (χ4n) is 5.79. The van der Waals surface area contributed by atoms with E-state index < -0.39 is 0 Å². The van der Waals surface area contributed by atoms with Crippen LogP contribution >= 0.6 is 0 Å². The number of hydrogen-bond donors (Lipinski definition) is 1. The maximum atomic E-state index is 12.3. The highest BCUT2D eigenvalue weighted by atomic mass is 16.5. The highest BCUT2D eigenvalue weighted by Gasteiger charge is 2.42. The molecule has 8 nitrogen and oxygen atoms in total. The molecule has 0 bridgehead atoms. The first-order valence-electron chi connectivity index (χ1n) is 14.2. The second-order valence-corrected chi connectivity index (χ2v) is 10.7. The predicted octanol–water partition coefficient (Wildman–Crippen LogP) is 7.38. The van der Waals surface area contributed by atoms with Gasteiger partial charge in [-0.25, -0.2) is 19.5 Å². The molecule has 0 saturated heterocycles. The molecule has 4 aromatic carbocycles. The largest absolute Gasteiger partial charge is 0.465 e. The van der Waals surface area contributed by atoms with Gasteiger partial charge in [-0.05, 0) is 79.9 Å². The molecular weight excluding hydrogens is 536 g/mol. The van der Waals surface area contributed by atoms with E-state index in [0.29, 0.717) is 17.2 Å². The Morgan fingerprint density at radius 3 is 2.40 bits per heavy atom. The lowest BCUT2D eigenvalue weighted by Gasteiger charge is -2.42. The van der Waals surface area contributed by atoms with Crippen molar-refractivity contribution in [2.75, 3.05) is 17.3 Å². The Hall–Kier alpha value is -5.50. The van der Waals surface area contributed by atoms with E-state index in [1.54, 1.807) is 0 Å². The van der Waals surface area contributed by atoms with Crippen molar-refractivity contribution in [1.29, 1.82) is 0 Å². The average molecular weight is 567 g/mol. The monoisotopic (exact) mass is 566 g/mol. The maximum Gasteiger partial charge on any atom is 0.337 e. The molecule has 0 spiro atoms. The molecule has 2 aliphatic rings. The van der Waals surface area contributed by atoms with Gasteiger partial charge < -0.3 is 15.0 Å². The van der Waals surface area contributed by atoms with Crippen LogP contribution in [0.3, 0.4) is 0 Å². The number of amidine groups is 2. The molecule has 1 N–H and O–H groups in total.